The number of carbonyl (C=O) groups excluding carboxylic acids is 1. The first kappa shape index (κ1) is 13.8. The molecule has 1 rings (SSSR count). The number of nitrogens with two attached hydrogens (primary N) is 1. The molecule has 0 saturated heterocycles. The Morgan fingerprint density at radius 2 is 2.00 bits per heavy atom. The van der Waals surface area contributed by atoms with Crippen LogP contribution in [0.2, 0.25) is 0 Å². The Labute approximate surface area is 102 Å². The highest BCUT2D eigenvalue weighted by Crippen LogP contribution is 2.26. The first-order chi connectivity index (χ1) is 7.95. The van der Waals surface area contributed by atoms with Gasteiger partial charge in [0.05, 0.1) is 5.54 Å². The van der Waals surface area contributed by atoms with Crippen molar-refractivity contribution in [2.24, 2.45) is 16.8 Å². The molecule has 0 atom stereocenters. The molecule has 5 heteroatoms. The predicted molar refractivity (Wildman–Crippen MR) is 66.8 cm³/mol. The molecule has 0 aromatic rings. The van der Waals surface area contributed by atoms with Crippen molar-refractivity contribution in [3.8, 4) is 0 Å². The molecule has 98 valence electrons. The standard InChI is InChI=1S/C12H23N3O2/c1-12(2,11(13)15-17)14-10(16)8-9-6-4-3-5-7-9/h9,17H,3-8H2,1-2H3,(H2,13,15)(H,14,16). The number of rotatable bonds is 4. The molecule has 5 nitrogen and oxygen atoms in total. The molecule has 0 bridgehead atoms. The van der Waals surface area contributed by atoms with Gasteiger partial charge in [0.1, 0.15) is 0 Å². The van der Waals surface area contributed by atoms with Crippen LogP contribution < -0.4 is 11.1 Å². The SMILES string of the molecule is CC(C)(NC(=O)CC1CCCCC1)/C(N)=N/O. The van der Waals surface area contributed by atoms with Crippen LogP contribution in [0.3, 0.4) is 0 Å². The van der Waals surface area contributed by atoms with Crippen LogP contribution in [0, 0.1) is 5.92 Å². The van der Waals surface area contributed by atoms with E-state index in [9.17, 15) is 4.79 Å². The molecule has 0 radical (unpaired) electrons. The van der Waals surface area contributed by atoms with Gasteiger partial charge in [-0.3, -0.25) is 4.79 Å². The van der Waals surface area contributed by atoms with E-state index in [1.165, 1.54) is 19.3 Å². The van der Waals surface area contributed by atoms with Gasteiger partial charge >= 0.3 is 0 Å². The molecule has 17 heavy (non-hydrogen) atoms. The van der Waals surface area contributed by atoms with Gasteiger partial charge in [-0.05, 0) is 32.6 Å². The molecule has 0 aliphatic heterocycles. The van der Waals surface area contributed by atoms with E-state index >= 15 is 0 Å². The summed E-state index contributed by atoms with van der Waals surface area (Å²) < 4.78 is 0. The molecule has 1 amide bonds. The average molecular weight is 241 g/mol. The van der Waals surface area contributed by atoms with Gasteiger partial charge in [0.15, 0.2) is 5.84 Å². The van der Waals surface area contributed by atoms with E-state index in [0.29, 0.717) is 12.3 Å². The van der Waals surface area contributed by atoms with Crippen molar-refractivity contribution in [1.82, 2.24) is 5.32 Å². The van der Waals surface area contributed by atoms with Crippen molar-refractivity contribution in [3.05, 3.63) is 0 Å². The second-order valence-corrected chi connectivity index (χ2v) is 5.37. The molecular formula is C12H23N3O2. The predicted octanol–water partition coefficient (Wildman–Crippen LogP) is 1.60. The van der Waals surface area contributed by atoms with Gasteiger partial charge in [-0.2, -0.15) is 0 Å². The lowest BCUT2D eigenvalue weighted by Gasteiger charge is -2.27. The summed E-state index contributed by atoms with van der Waals surface area (Å²) in [6.45, 7) is 3.45. The number of amidine groups is 1. The maximum Gasteiger partial charge on any atom is 0.221 e. The number of carbonyl (C=O) groups is 1. The Kier molecular flexibility index (Phi) is 4.78. The zero-order chi connectivity index (χ0) is 12.9. The Morgan fingerprint density at radius 3 is 2.53 bits per heavy atom. The van der Waals surface area contributed by atoms with E-state index in [1.54, 1.807) is 13.8 Å². The van der Waals surface area contributed by atoms with Gasteiger partial charge in [0, 0.05) is 6.42 Å². The topological polar surface area (TPSA) is 87.7 Å². The lowest BCUT2D eigenvalue weighted by atomic mass is 9.86. The Hall–Kier alpha value is -1.26. The molecule has 0 aromatic carbocycles. The lowest BCUT2D eigenvalue weighted by molar-refractivity contribution is -0.123. The highest BCUT2D eigenvalue weighted by Gasteiger charge is 2.27. The number of oxime groups is 1. The zero-order valence-electron chi connectivity index (χ0n) is 10.7. The first-order valence-electron chi connectivity index (χ1n) is 6.24. The van der Waals surface area contributed by atoms with E-state index in [2.05, 4.69) is 10.5 Å². The summed E-state index contributed by atoms with van der Waals surface area (Å²) in [6.07, 6.45) is 6.55. The summed E-state index contributed by atoms with van der Waals surface area (Å²) in [5, 5.41) is 14.4. The Bertz CT molecular complexity index is 294. The van der Waals surface area contributed by atoms with Crippen LogP contribution in [0.15, 0.2) is 5.16 Å². The van der Waals surface area contributed by atoms with Gasteiger partial charge in [-0.1, -0.05) is 24.4 Å². The molecule has 1 fully saturated rings. The monoisotopic (exact) mass is 241 g/mol. The lowest BCUT2D eigenvalue weighted by Crippen LogP contribution is -2.53. The van der Waals surface area contributed by atoms with E-state index in [0.717, 1.165) is 12.8 Å². The maximum absolute atomic E-state index is 11.8. The van der Waals surface area contributed by atoms with Gasteiger partial charge in [-0.25, -0.2) is 0 Å². The smallest absolute Gasteiger partial charge is 0.221 e. The van der Waals surface area contributed by atoms with E-state index in [-0.39, 0.29) is 11.7 Å². The van der Waals surface area contributed by atoms with E-state index in [1.807, 2.05) is 0 Å². The molecule has 0 unspecified atom stereocenters. The molecule has 1 saturated carbocycles. The largest absolute Gasteiger partial charge is 0.409 e. The van der Waals surface area contributed by atoms with Crippen molar-refractivity contribution in [3.63, 3.8) is 0 Å². The number of nitrogens with zero attached hydrogens (tertiary/aromatic N) is 1. The fourth-order valence-electron chi connectivity index (χ4n) is 2.24. The van der Waals surface area contributed by atoms with Crippen molar-refractivity contribution < 1.29 is 10.0 Å². The number of hydrogen-bond acceptors (Lipinski definition) is 3. The molecule has 4 N–H and O–H groups in total. The van der Waals surface area contributed by atoms with Crippen LogP contribution in [0.1, 0.15) is 52.4 Å². The highest BCUT2D eigenvalue weighted by molar-refractivity contribution is 5.93. The third kappa shape index (κ3) is 4.24. The minimum atomic E-state index is -0.791. The molecule has 0 heterocycles. The van der Waals surface area contributed by atoms with Crippen molar-refractivity contribution >= 4 is 11.7 Å². The van der Waals surface area contributed by atoms with Gasteiger partial charge < -0.3 is 16.3 Å². The fourth-order valence-corrected chi connectivity index (χ4v) is 2.24. The van der Waals surface area contributed by atoms with Crippen LogP contribution in [0.5, 0.6) is 0 Å². The molecule has 1 aliphatic carbocycles. The van der Waals surface area contributed by atoms with Gasteiger partial charge in [0.2, 0.25) is 5.91 Å². The minimum Gasteiger partial charge on any atom is -0.409 e. The zero-order valence-corrected chi connectivity index (χ0v) is 10.7. The molecule has 0 spiro atoms. The maximum atomic E-state index is 11.8. The van der Waals surface area contributed by atoms with Crippen LogP contribution in [-0.2, 0) is 4.79 Å². The second-order valence-electron chi connectivity index (χ2n) is 5.37. The summed E-state index contributed by atoms with van der Waals surface area (Å²) in [7, 11) is 0. The molecule has 1 aliphatic rings. The van der Waals surface area contributed by atoms with E-state index in [4.69, 9.17) is 10.9 Å². The summed E-state index contributed by atoms with van der Waals surface area (Å²) in [5.41, 5.74) is 4.73. The number of nitrogens with one attached hydrogen (secondary N) is 1. The quantitative estimate of drug-likeness (QED) is 0.302. The van der Waals surface area contributed by atoms with Gasteiger partial charge in [0.25, 0.3) is 0 Å². The van der Waals surface area contributed by atoms with Crippen LogP contribution in [0.4, 0.5) is 0 Å². The first-order valence-corrected chi connectivity index (χ1v) is 6.24. The van der Waals surface area contributed by atoms with Gasteiger partial charge in [-0.15, -0.1) is 0 Å². The summed E-state index contributed by atoms with van der Waals surface area (Å²) in [4.78, 5) is 11.8. The molecular weight excluding hydrogens is 218 g/mol. The minimum absolute atomic E-state index is 0.0199. The Balaban J connectivity index is 2.43. The van der Waals surface area contributed by atoms with Crippen LogP contribution >= 0.6 is 0 Å². The van der Waals surface area contributed by atoms with Crippen molar-refractivity contribution in [2.75, 3.05) is 0 Å². The number of amides is 1. The normalized spacial score (nSPS) is 19.1. The second kappa shape index (κ2) is 5.89. The van der Waals surface area contributed by atoms with Crippen LogP contribution in [0.25, 0.3) is 0 Å². The number of hydrogen-bond donors (Lipinski definition) is 3. The van der Waals surface area contributed by atoms with Crippen molar-refractivity contribution in [2.45, 2.75) is 57.9 Å². The fraction of sp³-hybridized carbons (Fsp3) is 0.833. The third-order valence-corrected chi connectivity index (χ3v) is 3.40. The van der Waals surface area contributed by atoms with Crippen LogP contribution in [-0.4, -0.2) is 22.5 Å². The third-order valence-electron chi connectivity index (χ3n) is 3.40. The highest BCUT2D eigenvalue weighted by atomic mass is 16.4. The van der Waals surface area contributed by atoms with Crippen molar-refractivity contribution in [1.29, 1.82) is 0 Å². The molecule has 0 aromatic heterocycles. The summed E-state index contributed by atoms with van der Waals surface area (Å²) in [5.74, 6) is 0.495. The van der Waals surface area contributed by atoms with E-state index < -0.39 is 5.54 Å². The Morgan fingerprint density at radius 1 is 1.41 bits per heavy atom. The summed E-state index contributed by atoms with van der Waals surface area (Å²) in [6, 6.07) is 0. The average Bonchev–Trinajstić information content (AvgIpc) is 2.28. The summed E-state index contributed by atoms with van der Waals surface area (Å²) >= 11 is 0.